The van der Waals surface area contributed by atoms with Gasteiger partial charge < -0.3 is 0 Å². The first kappa shape index (κ1) is 16.4. The molecule has 0 atom stereocenters. The number of anilines is 1. The van der Waals surface area contributed by atoms with Gasteiger partial charge in [0.1, 0.15) is 5.15 Å². The summed E-state index contributed by atoms with van der Waals surface area (Å²) in [4.78, 5) is 8.53. The molecule has 0 spiro atoms. The lowest BCUT2D eigenvalue weighted by Crippen LogP contribution is -2.06. The third-order valence-electron chi connectivity index (χ3n) is 2.99. The molecule has 2 heterocycles. The number of nitrogens with one attached hydrogen (secondary N) is 1. The molecule has 22 heavy (non-hydrogen) atoms. The van der Waals surface area contributed by atoms with Gasteiger partial charge in [-0.3, -0.25) is 4.68 Å². The van der Waals surface area contributed by atoms with Crippen LogP contribution in [0.4, 0.5) is 5.95 Å². The molecule has 6 nitrogen and oxygen atoms in total. The molecule has 0 fully saturated rings. The summed E-state index contributed by atoms with van der Waals surface area (Å²) in [6.07, 6.45) is 1.66. The highest BCUT2D eigenvalue weighted by molar-refractivity contribution is 6.32. The largest absolute Gasteiger partial charge is 0.253 e. The van der Waals surface area contributed by atoms with Crippen molar-refractivity contribution in [3.63, 3.8) is 0 Å². The van der Waals surface area contributed by atoms with E-state index in [1.54, 1.807) is 10.9 Å². The molecule has 0 aliphatic heterocycles. The molecule has 0 saturated heterocycles. The van der Waals surface area contributed by atoms with E-state index in [0.717, 1.165) is 29.2 Å². The van der Waals surface area contributed by atoms with Crippen molar-refractivity contribution >= 4 is 23.8 Å². The van der Waals surface area contributed by atoms with E-state index in [9.17, 15) is 0 Å². The van der Waals surface area contributed by atoms with E-state index >= 15 is 0 Å². The Labute approximate surface area is 135 Å². The zero-order valence-corrected chi connectivity index (χ0v) is 14.3. The molecule has 0 unspecified atom stereocenters. The molecule has 1 N–H and O–H groups in total. The summed E-state index contributed by atoms with van der Waals surface area (Å²) in [5.41, 5.74) is 6.27. The van der Waals surface area contributed by atoms with Gasteiger partial charge in [0.2, 0.25) is 5.95 Å². The van der Waals surface area contributed by atoms with E-state index in [0.29, 0.717) is 17.0 Å². The second-order valence-corrected chi connectivity index (χ2v) is 6.07. The molecule has 0 aliphatic rings. The Morgan fingerprint density at radius 1 is 1.27 bits per heavy atom. The quantitative estimate of drug-likeness (QED) is 0.677. The smallest absolute Gasteiger partial charge is 0.243 e. The van der Waals surface area contributed by atoms with Gasteiger partial charge in [0.05, 0.1) is 17.5 Å². The molecule has 2 aromatic rings. The fourth-order valence-electron chi connectivity index (χ4n) is 2.11. The van der Waals surface area contributed by atoms with Crippen LogP contribution in [0.3, 0.4) is 0 Å². The summed E-state index contributed by atoms with van der Waals surface area (Å²) < 4.78 is 1.80. The highest BCUT2D eigenvalue weighted by Gasteiger charge is 2.12. The lowest BCUT2D eigenvalue weighted by Gasteiger charge is -2.05. The van der Waals surface area contributed by atoms with Gasteiger partial charge >= 0.3 is 0 Å². The number of hydrogen-bond acceptors (Lipinski definition) is 5. The number of rotatable bonds is 5. The van der Waals surface area contributed by atoms with Crippen LogP contribution in [-0.2, 0) is 6.54 Å². The van der Waals surface area contributed by atoms with Crippen molar-refractivity contribution in [3.8, 4) is 0 Å². The van der Waals surface area contributed by atoms with Crippen LogP contribution >= 0.6 is 11.6 Å². The summed E-state index contributed by atoms with van der Waals surface area (Å²) in [6.45, 7) is 10.8. The van der Waals surface area contributed by atoms with Gasteiger partial charge in [0, 0.05) is 17.9 Å². The summed E-state index contributed by atoms with van der Waals surface area (Å²) >= 11 is 6.36. The van der Waals surface area contributed by atoms with E-state index in [4.69, 9.17) is 11.6 Å². The van der Waals surface area contributed by atoms with Gasteiger partial charge in [0.25, 0.3) is 0 Å². The number of nitrogens with zero attached hydrogens (tertiary/aromatic N) is 5. The minimum atomic E-state index is 0.470. The lowest BCUT2D eigenvalue weighted by molar-refractivity contribution is 0.482. The SMILES string of the molecule is Cc1cc(C)nc(N/N=C\c2c(C)nn(CC(C)C)c2Cl)n1. The minimum absolute atomic E-state index is 0.470. The Morgan fingerprint density at radius 2 is 1.91 bits per heavy atom. The Hall–Kier alpha value is -1.95. The highest BCUT2D eigenvalue weighted by Crippen LogP contribution is 2.19. The maximum atomic E-state index is 6.36. The molecule has 118 valence electrons. The van der Waals surface area contributed by atoms with Crippen LogP contribution in [0, 0.1) is 26.7 Å². The molecule has 0 saturated carbocycles. The lowest BCUT2D eigenvalue weighted by atomic mass is 10.2. The molecule has 2 aromatic heterocycles. The zero-order valence-electron chi connectivity index (χ0n) is 13.6. The topological polar surface area (TPSA) is 68.0 Å². The second-order valence-electron chi connectivity index (χ2n) is 5.71. The third kappa shape index (κ3) is 4.04. The first-order valence-corrected chi connectivity index (χ1v) is 7.59. The van der Waals surface area contributed by atoms with Crippen LogP contribution in [0.5, 0.6) is 0 Å². The van der Waals surface area contributed by atoms with Gasteiger partial charge in [-0.1, -0.05) is 25.4 Å². The number of halogens is 1. The van der Waals surface area contributed by atoms with Crippen molar-refractivity contribution in [2.24, 2.45) is 11.0 Å². The van der Waals surface area contributed by atoms with Gasteiger partial charge in [-0.2, -0.15) is 10.2 Å². The molecular formula is C15H21ClN6. The maximum Gasteiger partial charge on any atom is 0.243 e. The first-order chi connectivity index (χ1) is 10.4. The van der Waals surface area contributed by atoms with Crippen LogP contribution in [0.25, 0.3) is 0 Å². The van der Waals surface area contributed by atoms with E-state index in [-0.39, 0.29) is 0 Å². The van der Waals surface area contributed by atoms with E-state index < -0.39 is 0 Å². The Kier molecular flexibility index (Phi) is 5.13. The van der Waals surface area contributed by atoms with Crippen LogP contribution in [-0.4, -0.2) is 26.0 Å². The number of hydrogen-bond donors (Lipinski definition) is 1. The Bertz CT molecular complexity index is 669. The van der Waals surface area contributed by atoms with E-state index in [2.05, 4.69) is 39.4 Å². The fourth-order valence-corrected chi connectivity index (χ4v) is 2.40. The summed E-state index contributed by atoms with van der Waals surface area (Å²) in [6, 6.07) is 1.91. The monoisotopic (exact) mass is 320 g/mol. The van der Waals surface area contributed by atoms with Gasteiger partial charge in [-0.05, 0) is 32.8 Å². The standard InChI is InChI=1S/C15H21ClN6/c1-9(2)8-22-14(16)13(12(5)21-22)7-17-20-15-18-10(3)6-11(4)19-15/h6-7,9H,8H2,1-5H3,(H,18,19,20)/b17-7-. The first-order valence-electron chi connectivity index (χ1n) is 7.21. The average molecular weight is 321 g/mol. The van der Waals surface area contributed by atoms with Crippen molar-refractivity contribution < 1.29 is 0 Å². The summed E-state index contributed by atoms with van der Waals surface area (Å²) in [7, 11) is 0. The van der Waals surface area contributed by atoms with E-state index in [1.165, 1.54) is 0 Å². The highest BCUT2D eigenvalue weighted by atomic mass is 35.5. The van der Waals surface area contributed by atoms with Crippen LogP contribution in [0.2, 0.25) is 5.15 Å². The molecule has 7 heteroatoms. The van der Waals surface area contributed by atoms with Gasteiger partial charge in [0.15, 0.2) is 0 Å². The molecule has 0 aromatic carbocycles. The zero-order chi connectivity index (χ0) is 16.3. The molecule has 0 aliphatic carbocycles. The van der Waals surface area contributed by atoms with Crippen molar-refractivity contribution in [1.29, 1.82) is 0 Å². The van der Waals surface area contributed by atoms with Crippen molar-refractivity contribution in [2.45, 2.75) is 41.2 Å². The molecule has 0 radical (unpaired) electrons. The fraction of sp³-hybridized carbons (Fsp3) is 0.467. The van der Waals surface area contributed by atoms with E-state index in [1.807, 2.05) is 26.8 Å². The number of aromatic nitrogens is 4. The van der Waals surface area contributed by atoms with Gasteiger partial charge in [-0.15, -0.1) is 0 Å². The van der Waals surface area contributed by atoms with Crippen molar-refractivity contribution in [1.82, 2.24) is 19.7 Å². The predicted molar refractivity (Wildman–Crippen MR) is 89.5 cm³/mol. The maximum absolute atomic E-state index is 6.36. The Balaban J connectivity index is 2.14. The van der Waals surface area contributed by atoms with Crippen LogP contribution < -0.4 is 5.43 Å². The third-order valence-corrected chi connectivity index (χ3v) is 3.39. The average Bonchev–Trinajstić information content (AvgIpc) is 2.64. The molecule has 0 bridgehead atoms. The molecule has 0 amide bonds. The number of hydrazone groups is 1. The summed E-state index contributed by atoms with van der Waals surface area (Å²) in [5, 5.41) is 9.20. The second kappa shape index (κ2) is 6.87. The summed E-state index contributed by atoms with van der Waals surface area (Å²) in [5.74, 6) is 0.945. The van der Waals surface area contributed by atoms with Gasteiger partial charge in [-0.25, -0.2) is 15.4 Å². The van der Waals surface area contributed by atoms with Crippen molar-refractivity contribution in [2.75, 3.05) is 5.43 Å². The minimum Gasteiger partial charge on any atom is -0.253 e. The predicted octanol–water partition coefficient (Wildman–Crippen LogP) is 3.35. The number of aryl methyl sites for hydroxylation is 3. The van der Waals surface area contributed by atoms with Crippen molar-refractivity contribution in [3.05, 3.63) is 33.9 Å². The van der Waals surface area contributed by atoms with Crippen LogP contribution in [0.15, 0.2) is 11.2 Å². The normalized spacial score (nSPS) is 11.6. The van der Waals surface area contributed by atoms with Crippen LogP contribution in [0.1, 0.15) is 36.5 Å². The molecular weight excluding hydrogens is 300 g/mol. The Morgan fingerprint density at radius 3 is 2.50 bits per heavy atom. The molecule has 2 rings (SSSR count).